The summed E-state index contributed by atoms with van der Waals surface area (Å²) >= 11 is 0. The van der Waals surface area contributed by atoms with Crippen LogP contribution in [0.3, 0.4) is 0 Å². The standard InChI is InChI=1S/C20H14N2O3/c1-25-18-11-10-13-6-2-3-7-14(13)17(18)12-21-22-19(23)15-8-4-5-9-16(15)20(22)24/h2-12H,1H3/b21-12+. The summed E-state index contributed by atoms with van der Waals surface area (Å²) in [6.07, 6.45) is 1.50. The highest BCUT2D eigenvalue weighted by Gasteiger charge is 2.35. The molecule has 5 heteroatoms. The number of benzene rings is 3. The maximum Gasteiger partial charge on any atom is 0.282 e. The van der Waals surface area contributed by atoms with Gasteiger partial charge in [-0.25, -0.2) is 0 Å². The van der Waals surface area contributed by atoms with Gasteiger partial charge in [-0.3, -0.25) is 9.59 Å². The van der Waals surface area contributed by atoms with Crippen molar-refractivity contribution in [1.29, 1.82) is 0 Å². The van der Waals surface area contributed by atoms with Gasteiger partial charge in [-0.15, -0.1) is 0 Å². The van der Waals surface area contributed by atoms with Crippen LogP contribution >= 0.6 is 0 Å². The predicted molar refractivity (Wildman–Crippen MR) is 95.0 cm³/mol. The molecule has 0 N–H and O–H groups in total. The Bertz CT molecular complexity index is 1010. The molecule has 1 aliphatic heterocycles. The molecule has 4 rings (SSSR count). The number of carbonyl (C=O) groups is 2. The maximum absolute atomic E-state index is 12.4. The topological polar surface area (TPSA) is 59.0 Å². The van der Waals surface area contributed by atoms with Crippen molar-refractivity contribution in [3.05, 3.63) is 77.4 Å². The van der Waals surface area contributed by atoms with Crippen molar-refractivity contribution < 1.29 is 14.3 Å². The molecule has 0 aliphatic carbocycles. The van der Waals surface area contributed by atoms with Crippen LogP contribution in [0.25, 0.3) is 10.8 Å². The van der Waals surface area contributed by atoms with Gasteiger partial charge < -0.3 is 4.74 Å². The Morgan fingerprint density at radius 2 is 1.52 bits per heavy atom. The first-order valence-corrected chi connectivity index (χ1v) is 7.78. The van der Waals surface area contributed by atoms with E-state index in [2.05, 4.69) is 5.10 Å². The number of ether oxygens (including phenoxy) is 1. The van der Waals surface area contributed by atoms with Gasteiger partial charge in [0.05, 0.1) is 24.5 Å². The van der Waals surface area contributed by atoms with E-state index in [-0.39, 0.29) is 0 Å². The number of nitrogens with zero attached hydrogens (tertiary/aromatic N) is 2. The van der Waals surface area contributed by atoms with Gasteiger partial charge in [0.2, 0.25) is 0 Å². The molecule has 0 aromatic heterocycles. The highest BCUT2D eigenvalue weighted by Crippen LogP contribution is 2.27. The van der Waals surface area contributed by atoms with Crippen molar-refractivity contribution in [3.63, 3.8) is 0 Å². The summed E-state index contributed by atoms with van der Waals surface area (Å²) in [7, 11) is 1.57. The highest BCUT2D eigenvalue weighted by molar-refractivity contribution is 6.21. The predicted octanol–water partition coefficient (Wildman–Crippen LogP) is 3.48. The number of rotatable bonds is 3. The van der Waals surface area contributed by atoms with Crippen LogP contribution in [0.15, 0.2) is 65.8 Å². The fraction of sp³-hybridized carbons (Fsp3) is 0.0500. The number of hydrazone groups is 1. The van der Waals surface area contributed by atoms with Crippen molar-refractivity contribution in [1.82, 2.24) is 5.01 Å². The summed E-state index contributed by atoms with van der Waals surface area (Å²) in [6.45, 7) is 0. The largest absolute Gasteiger partial charge is 0.496 e. The fourth-order valence-electron chi connectivity index (χ4n) is 2.98. The first kappa shape index (κ1) is 15.1. The molecule has 0 radical (unpaired) electrons. The average molecular weight is 330 g/mol. The number of carbonyl (C=O) groups excluding carboxylic acids is 2. The minimum absolute atomic E-state index is 0.370. The molecule has 5 nitrogen and oxygen atoms in total. The summed E-state index contributed by atoms with van der Waals surface area (Å²) in [4.78, 5) is 24.8. The van der Waals surface area contributed by atoms with Crippen LogP contribution in [0.5, 0.6) is 5.75 Å². The van der Waals surface area contributed by atoms with Crippen molar-refractivity contribution in [2.45, 2.75) is 0 Å². The molecule has 3 aromatic rings. The molecule has 0 saturated heterocycles. The highest BCUT2D eigenvalue weighted by atomic mass is 16.5. The number of hydrogen-bond acceptors (Lipinski definition) is 4. The fourth-order valence-corrected chi connectivity index (χ4v) is 2.98. The van der Waals surface area contributed by atoms with E-state index < -0.39 is 11.8 Å². The van der Waals surface area contributed by atoms with Gasteiger partial charge in [0.25, 0.3) is 11.8 Å². The van der Waals surface area contributed by atoms with Gasteiger partial charge >= 0.3 is 0 Å². The number of amides is 2. The van der Waals surface area contributed by atoms with Crippen LogP contribution in [-0.4, -0.2) is 30.1 Å². The third kappa shape index (κ3) is 2.37. The second kappa shape index (κ2) is 5.87. The van der Waals surface area contributed by atoms with Crippen LogP contribution in [0, 0.1) is 0 Å². The monoisotopic (exact) mass is 330 g/mol. The van der Waals surface area contributed by atoms with Gasteiger partial charge in [-0.2, -0.15) is 10.1 Å². The molecule has 1 aliphatic rings. The number of fused-ring (bicyclic) bond motifs is 2. The van der Waals surface area contributed by atoms with Crippen molar-refractivity contribution in [2.24, 2.45) is 5.10 Å². The SMILES string of the molecule is COc1ccc2ccccc2c1/C=N/N1C(=O)c2ccccc2C1=O. The summed E-state index contributed by atoms with van der Waals surface area (Å²) in [5.74, 6) is -0.217. The summed E-state index contributed by atoms with van der Waals surface area (Å²) in [6, 6.07) is 18.3. The summed E-state index contributed by atoms with van der Waals surface area (Å²) < 4.78 is 5.40. The maximum atomic E-state index is 12.4. The van der Waals surface area contributed by atoms with Crippen molar-refractivity contribution in [2.75, 3.05) is 7.11 Å². The molecular formula is C20H14N2O3. The van der Waals surface area contributed by atoms with Crippen LogP contribution in [-0.2, 0) is 0 Å². The van der Waals surface area contributed by atoms with E-state index in [4.69, 9.17) is 4.74 Å². The minimum atomic E-state index is -0.420. The van der Waals surface area contributed by atoms with Gasteiger partial charge in [0.1, 0.15) is 5.75 Å². The molecule has 2 amide bonds. The van der Waals surface area contributed by atoms with Gasteiger partial charge in [-0.05, 0) is 29.0 Å². The quantitative estimate of drug-likeness (QED) is 0.546. The zero-order valence-electron chi connectivity index (χ0n) is 13.5. The van der Waals surface area contributed by atoms with Gasteiger partial charge in [-0.1, -0.05) is 42.5 Å². The zero-order chi connectivity index (χ0) is 17.4. The molecule has 1 heterocycles. The molecule has 0 fully saturated rings. The normalized spacial score (nSPS) is 13.7. The van der Waals surface area contributed by atoms with Gasteiger partial charge in [0.15, 0.2) is 0 Å². The Kier molecular flexibility index (Phi) is 3.54. The van der Waals surface area contributed by atoms with Crippen molar-refractivity contribution >= 4 is 28.8 Å². The van der Waals surface area contributed by atoms with E-state index >= 15 is 0 Å². The Morgan fingerprint density at radius 1 is 0.880 bits per heavy atom. The number of methoxy groups -OCH3 is 1. The van der Waals surface area contributed by atoms with Crippen molar-refractivity contribution in [3.8, 4) is 5.75 Å². The van der Waals surface area contributed by atoms with Crippen LogP contribution in [0.2, 0.25) is 0 Å². The van der Waals surface area contributed by atoms with E-state index in [0.29, 0.717) is 16.9 Å². The molecule has 25 heavy (non-hydrogen) atoms. The molecule has 0 bridgehead atoms. The van der Waals surface area contributed by atoms with E-state index in [9.17, 15) is 9.59 Å². The lowest BCUT2D eigenvalue weighted by Gasteiger charge is -2.10. The van der Waals surface area contributed by atoms with E-state index in [1.165, 1.54) is 6.21 Å². The lowest BCUT2D eigenvalue weighted by atomic mass is 10.0. The third-order valence-corrected chi connectivity index (χ3v) is 4.23. The summed E-state index contributed by atoms with van der Waals surface area (Å²) in [5.41, 5.74) is 1.46. The van der Waals surface area contributed by atoms with E-state index in [0.717, 1.165) is 21.3 Å². The Hall–Kier alpha value is -3.47. The molecular weight excluding hydrogens is 316 g/mol. The number of imide groups is 1. The Balaban J connectivity index is 1.78. The number of hydrogen-bond donors (Lipinski definition) is 0. The first-order chi connectivity index (χ1) is 12.2. The minimum Gasteiger partial charge on any atom is -0.496 e. The molecule has 0 atom stereocenters. The third-order valence-electron chi connectivity index (χ3n) is 4.23. The average Bonchev–Trinajstić information content (AvgIpc) is 2.90. The molecule has 0 unspecified atom stereocenters. The smallest absolute Gasteiger partial charge is 0.282 e. The van der Waals surface area contributed by atoms with E-state index in [1.54, 1.807) is 31.4 Å². The molecule has 122 valence electrons. The lowest BCUT2D eigenvalue weighted by molar-refractivity contribution is 0.0660. The summed E-state index contributed by atoms with van der Waals surface area (Å²) in [5, 5.41) is 7.01. The Morgan fingerprint density at radius 3 is 2.20 bits per heavy atom. The molecule has 0 saturated carbocycles. The second-order valence-corrected chi connectivity index (χ2v) is 5.61. The van der Waals surface area contributed by atoms with Crippen LogP contribution in [0.4, 0.5) is 0 Å². The molecule has 3 aromatic carbocycles. The van der Waals surface area contributed by atoms with Gasteiger partial charge in [0, 0.05) is 5.56 Å². The van der Waals surface area contributed by atoms with Crippen LogP contribution in [0.1, 0.15) is 26.3 Å². The first-order valence-electron chi connectivity index (χ1n) is 7.78. The molecule has 0 spiro atoms. The second-order valence-electron chi connectivity index (χ2n) is 5.61. The lowest BCUT2D eigenvalue weighted by Crippen LogP contribution is -2.24. The zero-order valence-corrected chi connectivity index (χ0v) is 13.5. The van der Waals surface area contributed by atoms with E-state index in [1.807, 2.05) is 36.4 Å². The van der Waals surface area contributed by atoms with Crippen LogP contribution < -0.4 is 4.74 Å². The Labute approximate surface area is 144 Å².